The van der Waals surface area contributed by atoms with Crippen LogP contribution >= 0.6 is 0 Å². The van der Waals surface area contributed by atoms with E-state index in [9.17, 15) is 14.7 Å². The minimum absolute atomic E-state index is 0.00682. The second-order valence-electron chi connectivity index (χ2n) is 4.84. The third-order valence-electron chi connectivity index (χ3n) is 3.46. The summed E-state index contributed by atoms with van der Waals surface area (Å²) in [4.78, 5) is 23.7. The second-order valence-corrected chi connectivity index (χ2v) is 4.84. The van der Waals surface area contributed by atoms with Crippen LogP contribution in [0.5, 0.6) is 0 Å². The summed E-state index contributed by atoms with van der Waals surface area (Å²) in [5, 5.41) is 11.9. The van der Waals surface area contributed by atoms with Crippen LogP contribution in [0.4, 0.5) is 0 Å². The van der Waals surface area contributed by atoms with E-state index in [0.29, 0.717) is 25.1 Å². The van der Waals surface area contributed by atoms with Crippen molar-refractivity contribution < 1.29 is 19.4 Å². The zero-order valence-electron chi connectivity index (χ0n) is 11.1. The number of nitrogens with one attached hydrogen (secondary N) is 1. The zero-order valence-corrected chi connectivity index (χ0v) is 11.1. The summed E-state index contributed by atoms with van der Waals surface area (Å²) in [7, 11) is 0. The molecule has 1 atom stereocenters. The Bertz CT molecular complexity index is 510. The maximum absolute atomic E-state index is 12.3. The number of benzene rings is 1. The van der Waals surface area contributed by atoms with Crippen molar-refractivity contribution in [2.45, 2.75) is 18.4 Å². The summed E-state index contributed by atoms with van der Waals surface area (Å²) in [6.45, 7) is 0.752. The van der Waals surface area contributed by atoms with Gasteiger partial charge in [0.1, 0.15) is 0 Å². The molecule has 4 N–H and O–H groups in total. The molecule has 6 heteroatoms. The van der Waals surface area contributed by atoms with Crippen LogP contribution in [0.2, 0.25) is 0 Å². The van der Waals surface area contributed by atoms with Gasteiger partial charge in [-0.1, -0.05) is 18.2 Å². The molecular formula is C14H18N2O4. The molecule has 1 unspecified atom stereocenters. The molecule has 2 rings (SSSR count). The van der Waals surface area contributed by atoms with E-state index in [1.807, 2.05) is 12.1 Å². The van der Waals surface area contributed by atoms with Gasteiger partial charge in [-0.3, -0.25) is 4.79 Å². The Labute approximate surface area is 116 Å². The Morgan fingerprint density at radius 1 is 1.40 bits per heavy atom. The van der Waals surface area contributed by atoms with Crippen LogP contribution in [0.25, 0.3) is 0 Å². The highest BCUT2D eigenvalue weighted by Crippen LogP contribution is 2.20. The molecule has 0 aromatic heterocycles. The quantitative estimate of drug-likeness (QED) is 0.712. The Hall–Kier alpha value is -1.92. The first-order valence-electron chi connectivity index (χ1n) is 6.51. The number of ether oxygens (including phenoxy) is 1. The summed E-state index contributed by atoms with van der Waals surface area (Å²) < 4.78 is 5.12. The highest BCUT2D eigenvalue weighted by Gasteiger charge is 2.44. The summed E-state index contributed by atoms with van der Waals surface area (Å²) in [6, 6.07) is 7.06. The van der Waals surface area contributed by atoms with Gasteiger partial charge in [-0.25, -0.2) is 4.79 Å². The van der Waals surface area contributed by atoms with Crippen LogP contribution in [-0.2, 0) is 16.0 Å². The topological polar surface area (TPSA) is 102 Å². The summed E-state index contributed by atoms with van der Waals surface area (Å²) in [6.07, 6.45) is 0.841. The van der Waals surface area contributed by atoms with Gasteiger partial charge in [-0.15, -0.1) is 0 Å². The van der Waals surface area contributed by atoms with Gasteiger partial charge in [0.05, 0.1) is 6.61 Å². The van der Waals surface area contributed by atoms with E-state index in [0.717, 1.165) is 5.56 Å². The van der Waals surface area contributed by atoms with Crippen molar-refractivity contribution in [2.75, 3.05) is 19.8 Å². The number of hydrogen-bond acceptors (Lipinski definition) is 4. The van der Waals surface area contributed by atoms with Crippen LogP contribution < -0.4 is 11.1 Å². The molecule has 6 nitrogen and oxygen atoms in total. The predicted octanol–water partition coefficient (Wildman–Crippen LogP) is 0.161. The maximum atomic E-state index is 12.3. The van der Waals surface area contributed by atoms with Crippen LogP contribution in [0, 0.1) is 0 Å². The van der Waals surface area contributed by atoms with Gasteiger partial charge in [0.15, 0.2) is 5.54 Å². The number of hydrogen-bond donors (Lipinski definition) is 3. The Morgan fingerprint density at radius 3 is 2.75 bits per heavy atom. The minimum Gasteiger partial charge on any atom is -0.479 e. The lowest BCUT2D eigenvalue weighted by molar-refractivity contribution is -0.144. The minimum atomic E-state index is -1.33. The van der Waals surface area contributed by atoms with E-state index >= 15 is 0 Å². The van der Waals surface area contributed by atoms with Crippen molar-refractivity contribution in [1.29, 1.82) is 0 Å². The smallest absolute Gasteiger partial charge is 0.331 e. The fourth-order valence-electron chi connectivity index (χ4n) is 2.29. The van der Waals surface area contributed by atoms with Crippen molar-refractivity contribution in [1.82, 2.24) is 5.32 Å². The molecule has 20 heavy (non-hydrogen) atoms. The van der Waals surface area contributed by atoms with Gasteiger partial charge in [0.2, 0.25) is 0 Å². The van der Waals surface area contributed by atoms with Crippen LogP contribution in [0.1, 0.15) is 22.3 Å². The molecule has 0 spiro atoms. The number of carbonyl (C=O) groups excluding carboxylic acids is 1. The van der Waals surface area contributed by atoms with Crippen molar-refractivity contribution >= 4 is 11.9 Å². The average molecular weight is 278 g/mol. The van der Waals surface area contributed by atoms with Gasteiger partial charge >= 0.3 is 5.97 Å². The molecule has 1 heterocycles. The largest absolute Gasteiger partial charge is 0.479 e. The monoisotopic (exact) mass is 278 g/mol. The highest BCUT2D eigenvalue weighted by atomic mass is 16.5. The summed E-state index contributed by atoms with van der Waals surface area (Å²) >= 11 is 0. The van der Waals surface area contributed by atoms with Gasteiger partial charge in [-0.2, -0.15) is 0 Å². The van der Waals surface area contributed by atoms with E-state index in [4.69, 9.17) is 10.5 Å². The molecular weight excluding hydrogens is 260 g/mol. The second kappa shape index (κ2) is 6.02. The maximum Gasteiger partial charge on any atom is 0.331 e. The fraction of sp³-hybridized carbons (Fsp3) is 0.429. The number of amides is 1. The first kappa shape index (κ1) is 14.5. The zero-order chi connectivity index (χ0) is 14.6. The number of rotatable bonds is 5. The predicted molar refractivity (Wildman–Crippen MR) is 72.5 cm³/mol. The third kappa shape index (κ3) is 2.81. The van der Waals surface area contributed by atoms with E-state index in [1.54, 1.807) is 12.1 Å². The van der Waals surface area contributed by atoms with Gasteiger partial charge in [0.25, 0.3) is 5.91 Å². The molecule has 0 aliphatic carbocycles. The number of aliphatic carboxylic acids is 1. The van der Waals surface area contributed by atoms with E-state index in [1.165, 1.54) is 0 Å². The van der Waals surface area contributed by atoms with Crippen molar-refractivity contribution in [2.24, 2.45) is 5.73 Å². The highest BCUT2D eigenvalue weighted by molar-refractivity contribution is 5.99. The fourth-order valence-corrected chi connectivity index (χ4v) is 2.29. The Kier molecular flexibility index (Phi) is 4.36. The van der Waals surface area contributed by atoms with E-state index < -0.39 is 17.4 Å². The molecule has 0 saturated carbocycles. The molecule has 0 radical (unpaired) electrons. The van der Waals surface area contributed by atoms with Crippen molar-refractivity contribution in [3.8, 4) is 0 Å². The lowest BCUT2D eigenvalue weighted by Gasteiger charge is -2.24. The molecule has 1 aromatic carbocycles. The van der Waals surface area contributed by atoms with Crippen molar-refractivity contribution in [3.05, 3.63) is 35.4 Å². The third-order valence-corrected chi connectivity index (χ3v) is 3.46. The molecule has 1 aliphatic heterocycles. The van der Waals surface area contributed by atoms with E-state index in [2.05, 4.69) is 5.32 Å². The SMILES string of the molecule is NCCc1ccccc1C(=O)NC1(C(=O)O)CCOC1. The number of carboxylic acid groups (broad SMARTS) is 1. The first-order chi connectivity index (χ1) is 9.59. The van der Waals surface area contributed by atoms with Crippen molar-refractivity contribution in [3.63, 3.8) is 0 Å². The van der Waals surface area contributed by atoms with Gasteiger partial charge < -0.3 is 20.9 Å². The normalized spacial score (nSPS) is 21.6. The van der Waals surface area contributed by atoms with Crippen LogP contribution in [0.15, 0.2) is 24.3 Å². The lowest BCUT2D eigenvalue weighted by Crippen LogP contribution is -2.55. The Balaban J connectivity index is 2.21. The van der Waals surface area contributed by atoms with E-state index in [-0.39, 0.29) is 13.0 Å². The molecule has 1 saturated heterocycles. The summed E-state index contributed by atoms with van der Waals surface area (Å²) in [5.41, 5.74) is 5.47. The lowest BCUT2D eigenvalue weighted by atomic mass is 9.97. The number of nitrogens with two attached hydrogens (primary N) is 1. The first-order valence-corrected chi connectivity index (χ1v) is 6.51. The Morgan fingerprint density at radius 2 is 2.15 bits per heavy atom. The number of carboxylic acids is 1. The molecule has 1 fully saturated rings. The van der Waals surface area contributed by atoms with Gasteiger partial charge in [-0.05, 0) is 24.6 Å². The average Bonchev–Trinajstić information content (AvgIpc) is 2.89. The molecule has 108 valence electrons. The molecule has 0 bridgehead atoms. The molecule has 1 aliphatic rings. The van der Waals surface area contributed by atoms with Crippen LogP contribution in [-0.4, -0.2) is 42.3 Å². The molecule has 1 amide bonds. The standard InChI is InChI=1S/C14H18N2O4/c15-7-5-10-3-1-2-4-11(10)12(17)16-14(13(18)19)6-8-20-9-14/h1-4H,5-9,15H2,(H,16,17)(H,18,19). The molecule has 1 aromatic rings. The van der Waals surface area contributed by atoms with Crippen LogP contribution in [0.3, 0.4) is 0 Å². The van der Waals surface area contributed by atoms with Gasteiger partial charge in [0, 0.05) is 18.6 Å². The number of carbonyl (C=O) groups is 2. The summed E-state index contributed by atoms with van der Waals surface area (Å²) in [5.74, 6) is -1.47.